The van der Waals surface area contributed by atoms with E-state index >= 15 is 0 Å². The molecule has 4 atom stereocenters. The van der Waals surface area contributed by atoms with Gasteiger partial charge in [0.1, 0.15) is 18.1 Å². The van der Waals surface area contributed by atoms with Crippen molar-refractivity contribution in [1.82, 2.24) is 16.0 Å². The Bertz CT molecular complexity index is 755. The lowest BCUT2D eigenvalue weighted by Crippen LogP contribution is -2.57. The molecule has 0 saturated carbocycles. The number of rotatable bonds is 19. The maximum atomic E-state index is 13.0. The number of amides is 5. The molecule has 0 bridgehead atoms. The van der Waals surface area contributed by atoms with Crippen molar-refractivity contribution in [2.45, 2.75) is 62.7 Å². The maximum Gasteiger partial charge on any atom is 0.326 e. The standard InChI is InChI=1S/C20H36N6O7S2/c1-34-9-7-11(21)17(29)24-12(3-5-15(22)27)18(30)25-13(8-10-35-2)19(31)26-14(20(32)33)4-6-16(23)28/h11-14H,3-10,21H2,1-2H3,(H2,22,27)(H2,23,28)(H,24,29)(H,25,30)(H,26,31)(H,32,33). The lowest BCUT2D eigenvalue weighted by molar-refractivity contribution is -0.142. The molecule has 0 saturated heterocycles. The van der Waals surface area contributed by atoms with Gasteiger partial charge in [0.2, 0.25) is 29.5 Å². The van der Waals surface area contributed by atoms with Gasteiger partial charge in [-0.3, -0.25) is 24.0 Å². The number of nitrogens with one attached hydrogen (secondary N) is 3. The van der Waals surface area contributed by atoms with Crippen LogP contribution < -0.4 is 33.2 Å². The van der Waals surface area contributed by atoms with Crippen molar-refractivity contribution in [3.8, 4) is 0 Å². The number of primary amides is 2. The molecule has 0 aromatic rings. The minimum Gasteiger partial charge on any atom is -0.480 e. The number of nitrogens with two attached hydrogens (primary N) is 3. The van der Waals surface area contributed by atoms with E-state index in [-0.39, 0.29) is 32.1 Å². The van der Waals surface area contributed by atoms with Crippen LogP contribution in [0.5, 0.6) is 0 Å². The van der Waals surface area contributed by atoms with Gasteiger partial charge in [-0.15, -0.1) is 0 Å². The van der Waals surface area contributed by atoms with Crippen LogP contribution in [-0.2, 0) is 28.8 Å². The van der Waals surface area contributed by atoms with Gasteiger partial charge in [0.25, 0.3) is 0 Å². The molecule has 10 N–H and O–H groups in total. The highest BCUT2D eigenvalue weighted by Gasteiger charge is 2.30. The van der Waals surface area contributed by atoms with Crippen LogP contribution in [0.15, 0.2) is 0 Å². The SMILES string of the molecule is CSCCC(N)C(=O)NC(CCC(N)=O)C(=O)NC(CCSC)C(=O)NC(CCC(N)=O)C(=O)O. The molecule has 0 aliphatic heterocycles. The number of thioether (sulfide) groups is 2. The smallest absolute Gasteiger partial charge is 0.326 e. The fraction of sp³-hybridized carbons (Fsp3) is 0.700. The summed E-state index contributed by atoms with van der Waals surface area (Å²) in [6.07, 6.45) is 3.39. The second-order valence-electron chi connectivity index (χ2n) is 7.70. The number of carboxylic acid groups (broad SMARTS) is 1. The van der Waals surface area contributed by atoms with Gasteiger partial charge >= 0.3 is 5.97 Å². The minimum absolute atomic E-state index is 0.116. The number of hydrogen-bond donors (Lipinski definition) is 7. The molecule has 35 heavy (non-hydrogen) atoms. The van der Waals surface area contributed by atoms with Crippen LogP contribution in [0.1, 0.15) is 38.5 Å². The van der Waals surface area contributed by atoms with Gasteiger partial charge in [-0.05, 0) is 49.7 Å². The van der Waals surface area contributed by atoms with Crippen LogP contribution in [0, 0.1) is 0 Å². The number of carbonyl (C=O) groups is 6. The number of carboxylic acids is 1. The van der Waals surface area contributed by atoms with Crippen molar-refractivity contribution in [2.75, 3.05) is 24.0 Å². The summed E-state index contributed by atoms with van der Waals surface area (Å²) >= 11 is 2.90. The number of hydrogen-bond acceptors (Lipinski definition) is 9. The summed E-state index contributed by atoms with van der Waals surface area (Å²) < 4.78 is 0. The van der Waals surface area contributed by atoms with Gasteiger partial charge in [-0.25, -0.2) is 4.79 Å². The van der Waals surface area contributed by atoms with E-state index in [1.165, 1.54) is 23.5 Å². The van der Waals surface area contributed by atoms with E-state index in [1.54, 1.807) is 6.26 Å². The summed E-state index contributed by atoms with van der Waals surface area (Å²) in [6, 6.07) is -4.58. The molecule has 5 amide bonds. The van der Waals surface area contributed by atoms with E-state index in [9.17, 15) is 33.9 Å². The van der Waals surface area contributed by atoms with E-state index in [1.807, 2.05) is 6.26 Å². The Morgan fingerprint density at radius 3 is 1.54 bits per heavy atom. The zero-order valence-corrected chi connectivity index (χ0v) is 21.5. The molecule has 200 valence electrons. The van der Waals surface area contributed by atoms with Crippen LogP contribution in [0.25, 0.3) is 0 Å². The van der Waals surface area contributed by atoms with Crippen LogP contribution in [0.2, 0.25) is 0 Å². The number of carbonyl (C=O) groups excluding carboxylic acids is 5. The van der Waals surface area contributed by atoms with Gasteiger partial charge in [0.05, 0.1) is 6.04 Å². The molecule has 0 rings (SSSR count). The molecule has 0 heterocycles. The molecule has 0 fully saturated rings. The van der Waals surface area contributed by atoms with Crippen LogP contribution in [0.4, 0.5) is 0 Å². The zero-order chi connectivity index (χ0) is 27.0. The Morgan fingerprint density at radius 1 is 0.686 bits per heavy atom. The third-order valence-corrected chi connectivity index (χ3v) is 6.11. The first kappa shape index (κ1) is 32.5. The molecular formula is C20H36N6O7S2. The van der Waals surface area contributed by atoms with Crippen molar-refractivity contribution in [3.05, 3.63) is 0 Å². The monoisotopic (exact) mass is 536 g/mol. The van der Waals surface area contributed by atoms with E-state index in [0.717, 1.165) is 0 Å². The fourth-order valence-electron chi connectivity index (χ4n) is 2.80. The zero-order valence-electron chi connectivity index (χ0n) is 19.9. The summed E-state index contributed by atoms with van der Waals surface area (Å²) in [5, 5.41) is 16.6. The molecular weight excluding hydrogens is 500 g/mol. The van der Waals surface area contributed by atoms with Crippen molar-refractivity contribution < 1.29 is 33.9 Å². The van der Waals surface area contributed by atoms with Gasteiger partial charge in [0, 0.05) is 12.8 Å². The van der Waals surface area contributed by atoms with Crippen molar-refractivity contribution in [1.29, 1.82) is 0 Å². The Kier molecular flexibility index (Phi) is 16.6. The second-order valence-corrected chi connectivity index (χ2v) is 9.67. The quantitative estimate of drug-likeness (QED) is 0.0948. The summed E-state index contributed by atoms with van der Waals surface area (Å²) in [4.78, 5) is 71.9. The van der Waals surface area contributed by atoms with Gasteiger partial charge in [-0.1, -0.05) is 0 Å². The fourth-order valence-corrected chi connectivity index (χ4v) is 3.76. The molecule has 4 unspecified atom stereocenters. The summed E-state index contributed by atoms with van der Waals surface area (Å²) in [7, 11) is 0. The largest absolute Gasteiger partial charge is 0.480 e. The average molecular weight is 537 g/mol. The molecule has 15 heteroatoms. The van der Waals surface area contributed by atoms with Crippen molar-refractivity contribution >= 4 is 59.0 Å². The molecule has 0 spiro atoms. The van der Waals surface area contributed by atoms with Gasteiger partial charge in [-0.2, -0.15) is 23.5 Å². The first-order chi connectivity index (χ1) is 16.4. The summed E-state index contributed by atoms with van der Waals surface area (Å²) in [5.41, 5.74) is 16.1. The highest BCUT2D eigenvalue weighted by atomic mass is 32.2. The topological polar surface area (TPSA) is 237 Å². The van der Waals surface area contributed by atoms with Crippen LogP contribution in [0.3, 0.4) is 0 Å². The van der Waals surface area contributed by atoms with Crippen molar-refractivity contribution in [2.24, 2.45) is 17.2 Å². The third kappa shape index (κ3) is 14.5. The highest BCUT2D eigenvalue weighted by Crippen LogP contribution is 2.07. The molecule has 0 aliphatic carbocycles. The van der Waals surface area contributed by atoms with E-state index in [0.29, 0.717) is 17.9 Å². The molecule has 0 aliphatic rings. The molecule has 0 radical (unpaired) electrons. The van der Waals surface area contributed by atoms with Gasteiger partial charge in [0.15, 0.2) is 0 Å². The van der Waals surface area contributed by atoms with Crippen LogP contribution >= 0.6 is 23.5 Å². The molecule has 0 aromatic carbocycles. The first-order valence-corrected chi connectivity index (χ1v) is 13.7. The summed E-state index contributed by atoms with van der Waals surface area (Å²) in [6.45, 7) is 0. The van der Waals surface area contributed by atoms with E-state index in [4.69, 9.17) is 17.2 Å². The molecule has 0 aromatic heterocycles. The lowest BCUT2D eigenvalue weighted by Gasteiger charge is -2.25. The second kappa shape index (κ2) is 17.8. The van der Waals surface area contributed by atoms with Crippen molar-refractivity contribution in [3.63, 3.8) is 0 Å². The van der Waals surface area contributed by atoms with E-state index < -0.39 is 59.7 Å². The average Bonchev–Trinajstić information content (AvgIpc) is 2.79. The number of aliphatic carboxylic acids is 1. The Labute approximate surface area is 212 Å². The van der Waals surface area contributed by atoms with Crippen LogP contribution in [-0.4, -0.2) is 88.8 Å². The minimum atomic E-state index is -1.39. The Hall–Kier alpha value is -2.52. The van der Waals surface area contributed by atoms with E-state index in [2.05, 4.69) is 16.0 Å². The lowest BCUT2D eigenvalue weighted by atomic mass is 10.1. The summed E-state index contributed by atoms with van der Waals surface area (Å²) in [5.74, 6) is -3.80. The highest BCUT2D eigenvalue weighted by molar-refractivity contribution is 7.98. The predicted molar refractivity (Wildman–Crippen MR) is 134 cm³/mol. The predicted octanol–water partition coefficient (Wildman–Crippen LogP) is -2.11. The first-order valence-electron chi connectivity index (χ1n) is 10.9. The molecule has 13 nitrogen and oxygen atoms in total. The third-order valence-electron chi connectivity index (χ3n) is 4.82. The Balaban J connectivity index is 5.48. The van der Waals surface area contributed by atoms with Gasteiger partial charge < -0.3 is 38.3 Å². The Morgan fingerprint density at radius 2 is 1.09 bits per heavy atom. The maximum absolute atomic E-state index is 13.0. The normalized spacial score (nSPS) is 14.1.